The molecule has 4 rings (SSSR count). The number of ether oxygens (including phenoxy) is 1. The summed E-state index contributed by atoms with van der Waals surface area (Å²) in [5.74, 6) is -0.0449. The number of carbonyl (C=O) groups excluding carboxylic acids is 1. The third kappa shape index (κ3) is 5.06. The molecule has 7 nitrogen and oxygen atoms in total. The molecule has 0 bridgehead atoms. The largest absolute Gasteiger partial charge is 0.379 e. The van der Waals surface area contributed by atoms with Crippen molar-refractivity contribution in [3.8, 4) is 0 Å². The number of morpholine rings is 1. The number of nitrogens with zero attached hydrogens (tertiary/aromatic N) is 3. The summed E-state index contributed by atoms with van der Waals surface area (Å²) in [5.41, 5.74) is 1.15. The third-order valence-electron chi connectivity index (χ3n) is 5.67. The van der Waals surface area contributed by atoms with E-state index in [4.69, 9.17) is 4.74 Å². The van der Waals surface area contributed by atoms with E-state index in [0.29, 0.717) is 37.1 Å². The molecule has 32 heavy (non-hydrogen) atoms. The highest BCUT2D eigenvalue weighted by Crippen LogP contribution is 2.19. The minimum Gasteiger partial charge on any atom is -0.379 e. The molecule has 2 aromatic carbocycles. The standard InChI is InChI=1S/C25H30N4O3/c1-18(2)16-29-25(31)21-11-7-6-10-20(21)23(27-29)24(30)26-22(19-8-4-3-5-9-19)17-28-12-14-32-15-13-28/h3-11,18,22H,12-17H2,1-2H3,(H,26,30)/t22-/m0/s1. The van der Waals surface area contributed by atoms with Crippen molar-refractivity contribution >= 4 is 16.7 Å². The molecule has 1 fully saturated rings. The van der Waals surface area contributed by atoms with Crippen molar-refractivity contribution in [1.29, 1.82) is 0 Å². The van der Waals surface area contributed by atoms with Gasteiger partial charge in [0.1, 0.15) is 0 Å². The van der Waals surface area contributed by atoms with E-state index in [1.165, 1.54) is 4.68 Å². The van der Waals surface area contributed by atoms with E-state index in [2.05, 4.69) is 15.3 Å². The molecule has 0 aliphatic carbocycles. The molecular formula is C25H30N4O3. The second kappa shape index (κ2) is 10.1. The maximum absolute atomic E-state index is 13.5. The van der Waals surface area contributed by atoms with Gasteiger partial charge in [0, 0.05) is 31.6 Å². The van der Waals surface area contributed by atoms with Crippen LogP contribution in [0.1, 0.15) is 35.9 Å². The Morgan fingerprint density at radius 3 is 2.34 bits per heavy atom. The van der Waals surface area contributed by atoms with Crippen molar-refractivity contribution in [3.63, 3.8) is 0 Å². The van der Waals surface area contributed by atoms with Crippen LogP contribution in [0.25, 0.3) is 10.8 Å². The van der Waals surface area contributed by atoms with Gasteiger partial charge < -0.3 is 10.1 Å². The van der Waals surface area contributed by atoms with Gasteiger partial charge in [0.25, 0.3) is 11.5 Å². The number of benzene rings is 2. The van der Waals surface area contributed by atoms with Crippen LogP contribution in [0, 0.1) is 5.92 Å². The maximum Gasteiger partial charge on any atom is 0.274 e. The van der Waals surface area contributed by atoms with Crippen molar-refractivity contribution in [2.45, 2.75) is 26.4 Å². The average Bonchev–Trinajstić information content (AvgIpc) is 2.81. The fourth-order valence-corrected chi connectivity index (χ4v) is 4.06. The number of carbonyl (C=O) groups is 1. The fourth-order valence-electron chi connectivity index (χ4n) is 4.06. The van der Waals surface area contributed by atoms with Gasteiger partial charge in [-0.15, -0.1) is 0 Å². The molecule has 1 aromatic heterocycles. The zero-order chi connectivity index (χ0) is 22.5. The predicted octanol–water partition coefficient (Wildman–Crippen LogP) is 2.86. The van der Waals surface area contributed by atoms with E-state index in [9.17, 15) is 9.59 Å². The molecule has 0 spiro atoms. The molecule has 1 saturated heterocycles. The van der Waals surface area contributed by atoms with Gasteiger partial charge in [0.15, 0.2) is 5.69 Å². The summed E-state index contributed by atoms with van der Waals surface area (Å²) in [6.07, 6.45) is 0. The number of rotatable bonds is 7. The van der Waals surface area contributed by atoms with Crippen molar-refractivity contribution < 1.29 is 9.53 Å². The molecular weight excluding hydrogens is 404 g/mol. The Bertz CT molecular complexity index is 1120. The first-order valence-corrected chi connectivity index (χ1v) is 11.2. The Morgan fingerprint density at radius 2 is 1.66 bits per heavy atom. The van der Waals surface area contributed by atoms with Crippen LogP contribution in [-0.4, -0.2) is 53.4 Å². The van der Waals surface area contributed by atoms with Crippen LogP contribution in [0.4, 0.5) is 0 Å². The lowest BCUT2D eigenvalue weighted by molar-refractivity contribution is 0.0332. The zero-order valence-corrected chi connectivity index (χ0v) is 18.7. The summed E-state index contributed by atoms with van der Waals surface area (Å²) in [5, 5.41) is 8.77. The minimum absolute atomic E-state index is 0.168. The van der Waals surface area contributed by atoms with Crippen LogP contribution in [0.2, 0.25) is 0 Å². The molecule has 0 unspecified atom stereocenters. The Kier molecular flexibility index (Phi) is 6.97. The van der Waals surface area contributed by atoms with Gasteiger partial charge in [-0.1, -0.05) is 62.4 Å². The number of hydrogen-bond acceptors (Lipinski definition) is 5. The first-order chi connectivity index (χ1) is 15.5. The normalized spacial score (nSPS) is 15.7. The van der Waals surface area contributed by atoms with E-state index < -0.39 is 0 Å². The van der Waals surface area contributed by atoms with Gasteiger partial charge in [-0.05, 0) is 17.5 Å². The molecule has 1 aliphatic heterocycles. The molecule has 1 aliphatic rings. The van der Waals surface area contributed by atoms with E-state index in [0.717, 1.165) is 18.7 Å². The van der Waals surface area contributed by atoms with Crippen LogP contribution >= 0.6 is 0 Å². The molecule has 7 heteroatoms. The highest BCUT2D eigenvalue weighted by molar-refractivity contribution is 6.04. The quantitative estimate of drug-likeness (QED) is 0.619. The van der Waals surface area contributed by atoms with Gasteiger partial charge in [0.2, 0.25) is 0 Å². The van der Waals surface area contributed by atoms with Gasteiger partial charge in [-0.3, -0.25) is 14.5 Å². The number of amides is 1. The molecule has 0 radical (unpaired) electrons. The summed E-state index contributed by atoms with van der Waals surface area (Å²) in [4.78, 5) is 28.7. The molecule has 1 atom stereocenters. The number of hydrogen-bond donors (Lipinski definition) is 1. The monoisotopic (exact) mass is 434 g/mol. The van der Waals surface area contributed by atoms with Crippen molar-refractivity contribution in [2.24, 2.45) is 5.92 Å². The Hall–Kier alpha value is -3.03. The van der Waals surface area contributed by atoms with E-state index in [-0.39, 0.29) is 29.1 Å². The van der Waals surface area contributed by atoms with Crippen LogP contribution < -0.4 is 10.9 Å². The smallest absolute Gasteiger partial charge is 0.274 e. The summed E-state index contributed by atoms with van der Waals surface area (Å²) >= 11 is 0. The number of nitrogens with one attached hydrogen (secondary N) is 1. The van der Waals surface area contributed by atoms with E-state index in [1.807, 2.05) is 56.3 Å². The molecule has 3 aromatic rings. The van der Waals surface area contributed by atoms with Crippen molar-refractivity contribution in [2.75, 3.05) is 32.8 Å². The van der Waals surface area contributed by atoms with Gasteiger partial charge in [0.05, 0.1) is 24.6 Å². The van der Waals surface area contributed by atoms with Crippen LogP contribution in [-0.2, 0) is 11.3 Å². The lowest BCUT2D eigenvalue weighted by Crippen LogP contribution is -2.43. The Morgan fingerprint density at radius 1 is 1.00 bits per heavy atom. The second-order valence-electron chi connectivity index (χ2n) is 8.63. The highest BCUT2D eigenvalue weighted by atomic mass is 16.5. The van der Waals surface area contributed by atoms with Gasteiger partial charge in [-0.25, -0.2) is 4.68 Å². The van der Waals surface area contributed by atoms with Gasteiger partial charge in [-0.2, -0.15) is 5.10 Å². The van der Waals surface area contributed by atoms with Crippen molar-refractivity contribution in [1.82, 2.24) is 20.0 Å². The van der Waals surface area contributed by atoms with Gasteiger partial charge >= 0.3 is 0 Å². The summed E-state index contributed by atoms with van der Waals surface area (Å²) in [7, 11) is 0. The highest BCUT2D eigenvalue weighted by Gasteiger charge is 2.23. The van der Waals surface area contributed by atoms with E-state index >= 15 is 0 Å². The summed E-state index contributed by atoms with van der Waals surface area (Å²) in [6.45, 7) is 8.25. The molecule has 168 valence electrons. The zero-order valence-electron chi connectivity index (χ0n) is 18.7. The average molecular weight is 435 g/mol. The number of fused-ring (bicyclic) bond motifs is 1. The SMILES string of the molecule is CC(C)Cn1nc(C(=O)N[C@@H](CN2CCOCC2)c2ccccc2)c2ccccc2c1=O. The Balaban J connectivity index is 1.68. The lowest BCUT2D eigenvalue weighted by atomic mass is 10.0. The van der Waals surface area contributed by atoms with Crippen LogP contribution in [0.5, 0.6) is 0 Å². The first kappa shape index (κ1) is 22.2. The molecule has 0 saturated carbocycles. The lowest BCUT2D eigenvalue weighted by Gasteiger charge is -2.31. The summed E-state index contributed by atoms with van der Waals surface area (Å²) in [6, 6.07) is 17.0. The topological polar surface area (TPSA) is 76.5 Å². The van der Waals surface area contributed by atoms with Crippen molar-refractivity contribution in [3.05, 3.63) is 76.2 Å². The fraction of sp³-hybridized carbons (Fsp3) is 0.400. The van der Waals surface area contributed by atoms with Crippen LogP contribution in [0.3, 0.4) is 0 Å². The third-order valence-corrected chi connectivity index (χ3v) is 5.67. The second-order valence-corrected chi connectivity index (χ2v) is 8.63. The molecule has 2 heterocycles. The number of aromatic nitrogens is 2. The van der Waals surface area contributed by atoms with Crippen LogP contribution in [0.15, 0.2) is 59.4 Å². The Labute approximate surface area is 188 Å². The van der Waals surface area contributed by atoms with E-state index in [1.54, 1.807) is 12.1 Å². The molecule has 1 N–H and O–H groups in total. The predicted molar refractivity (Wildman–Crippen MR) is 125 cm³/mol. The maximum atomic E-state index is 13.5. The minimum atomic E-state index is -0.277. The molecule has 1 amide bonds. The summed E-state index contributed by atoms with van der Waals surface area (Å²) < 4.78 is 6.89. The first-order valence-electron chi connectivity index (χ1n) is 11.2.